The number of hydrogen-bond acceptors (Lipinski definition) is 5. The maximum absolute atomic E-state index is 13.4. The third-order valence-electron chi connectivity index (χ3n) is 3.52. The molecule has 0 bridgehead atoms. The highest BCUT2D eigenvalue weighted by molar-refractivity contribution is 5.85. The van der Waals surface area contributed by atoms with Crippen molar-refractivity contribution in [1.29, 1.82) is 0 Å². The van der Waals surface area contributed by atoms with E-state index in [4.69, 9.17) is 4.74 Å². The number of nitrogens with zero attached hydrogens (tertiary/aromatic N) is 2. The van der Waals surface area contributed by atoms with Crippen LogP contribution in [0.3, 0.4) is 0 Å². The SMILES string of the molecule is COc1ccc([C@@H](CF)N2CCNCC2)cc1[N+](=O)[O-].Cl.Cl. The zero-order valence-corrected chi connectivity index (χ0v) is 13.8. The fourth-order valence-corrected chi connectivity index (χ4v) is 2.45. The Bertz CT molecular complexity index is 488. The lowest BCUT2D eigenvalue weighted by Gasteiger charge is -2.33. The Morgan fingerprint density at radius 2 is 2.05 bits per heavy atom. The fraction of sp³-hybridized carbons (Fsp3) is 0.538. The number of piperazine rings is 1. The Labute approximate surface area is 141 Å². The van der Waals surface area contributed by atoms with Crippen molar-refractivity contribution in [3.05, 3.63) is 33.9 Å². The monoisotopic (exact) mass is 355 g/mol. The van der Waals surface area contributed by atoms with Crippen LogP contribution in [-0.4, -0.2) is 49.8 Å². The van der Waals surface area contributed by atoms with Gasteiger partial charge in [0.1, 0.15) is 6.67 Å². The molecule has 1 N–H and O–H groups in total. The van der Waals surface area contributed by atoms with E-state index in [1.807, 2.05) is 4.90 Å². The highest BCUT2D eigenvalue weighted by Gasteiger charge is 2.25. The van der Waals surface area contributed by atoms with Crippen LogP contribution in [0.4, 0.5) is 10.1 Å². The molecule has 0 amide bonds. The quantitative estimate of drug-likeness (QED) is 0.648. The third kappa shape index (κ3) is 4.67. The van der Waals surface area contributed by atoms with Gasteiger partial charge in [-0.3, -0.25) is 15.0 Å². The zero-order chi connectivity index (χ0) is 14.5. The summed E-state index contributed by atoms with van der Waals surface area (Å²) in [6.07, 6.45) is 0. The molecule has 6 nitrogen and oxygen atoms in total. The molecular weight excluding hydrogens is 336 g/mol. The summed E-state index contributed by atoms with van der Waals surface area (Å²) in [6.45, 7) is 2.50. The van der Waals surface area contributed by atoms with Crippen LogP contribution in [-0.2, 0) is 0 Å². The number of ether oxygens (including phenoxy) is 1. The second-order valence-corrected chi connectivity index (χ2v) is 4.64. The molecule has 1 aromatic rings. The number of benzene rings is 1. The van der Waals surface area contributed by atoms with E-state index in [0.29, 0.717) is 5.56 Å². The van der Waals surface area contributed by atoms with E-state index >= 15 is 0 Å². The van der Waals surface area contributed by atoms with Crippen LogP contribution in [0.15, 0.2) is 18.2 Å². The molecule has 9 heteroatoms. The first-order chi connectivity index (χ1) is 9.67. The van der Waals surface area contributed by atoms with Crippen LogP contribution in [0.1, 0.15) is 11.6 Å². The van der Waals surface area contributed by atoms with Crippen molar-refractivity contribution in [1.82, 2.24) is 10.2 Å². The van der Waals surface area contributed by atoms with Gasteiger partial charge in [0.2, 0.25) is 0 Å². The molecular formula is C13H20Cl2FN3O3. The minimum absolute atomic E-state index is 0. The first kappa shape index (κ1) is 20.9. The molecule has 1 aromatic carbocycles. The third-order valence-corrected chi connectivity index (χ3v) is 3.52. The van der Waals surface area contributed by atoms with Crippen LogP contribution in [0.2, 0.25) is 0 Å². The van der Waals surface area contributed by atoms with Crippen molar-refractivity contribution in [2.75, 3.05) is 40.0 Å². The van der Waals surface area contributed by atoms with Gasteiger partial charge < -0.3 is 10.1 Å². The summed E-state index contributed by atoms with van der Waals surface area (Å²) in [7, 11) is 1.38. The first-order valence-electron chi connectivity index (χ1n) is 6.50. The molecule has 0 spiro atoms. The molecule has 22 heavy (non-hydrogen) atoms. The molecule has 0 aliphatic carbocycles. The van der Waals surface area contributed by atoms with E-state index in [1.54, 1.807) is 6.07 Å². The Morgan fingerprint density at radius 1 is 1.41 bits per heavy atom. The molecule has 1 fully saturated rings. The predicted molar refractivity (Wildman–Crippen MR) is 87.3 cm³/mol. The Kier molecular flexibility index (Phi) is 9.27. The molecule has 0 saturated carbocycles. The summed E-state index contributed by atoms with van der Waals surface area (Å²) in [5.41, 5.74) is 0.487. The largest absolute Gasteiger partial charge is 0.490 e. The molecule has 1 atom stereocenters. The lowest BCUT2D eigenvalue weighted by molar-refractivity contribution is -0.385. The minimum Gasteiger partial charge on any atom is -0.490 e. The van der Waals surface area contributed by atoms with Crippen molar-refractivity contribution < 1.29 is 14.1 Å². The number of alkyl halides is 1. The van der Waals surface area contributed by atoms with Gasteiger partial charge in [0.05, 0.1) is 18.1 Å². The summed E-state index contributed by atoms with van der Waals surface area (Å²) in [5, 5.41) is 14.2. The van der Waals surface area contributed by atoms with Crippen LogP contribution in [0, 0.1) is 10.1 Å². The average Bonchev–Trinajstić information content (AvgIpc) is 2.49. The van der Waals surface area contributed by atoms with Crippen molar-refractivity contribution in [2.45, 2.75) is 6.04 Å². The second kappa shape index (κ2) is 9.78. The van der Waals surface area contributed by atoms with Crippen molar-refractivity contribution in [2.24, 2.45) is 0 Å². The number of nitro benzene ring substituents is 1. The number of rotatable bonds is 5. The standard InChI is InChI=1S/C13H18FN3O3.2ClH/c1-20-13-3-2-10(8-11(13)17(18)19)12(9-14)16-6-4-15-5-7-16;;/h2-3,8,12,15H,4-7,9H2,1H3;2*1H/t12-;;/m1../s1. The topological polar surface area (TPSA) is 67.6 Å². The van der Waals surface area contributed by atoms with Crippen LogP contribution in [0.5, 0.6) is 5.75 Å². The summed E-state index contributed by atoms with van der Waals surface area (Å²) in [5.74, 6) is 0.191. The van der Waals surface area contributed by atoms with E-state index in [0.717, 1.165) is 26.2 Å². The van der Waals surface area contributed by atoms with E-state index in [1.165, 1.54) is 19.2 Å². The summed E-state index contributed by atoms with van der Waals surface area (Å²) in [6, 6.07) is 4.18. The molecule has 1 heterocycles. The smallest absolute Gasteiger partial charge is 0.311 e. The average molecular weight is 356 g/mol. The number of nitro groups is 1. The van der Waals surface area contributed by atoms with Crippen molar-refractivity contribution in [3.63, 3.8) is 0 Å². The van der Waals surface area contributed by atoms with Crippen molar-refractivity contribution in [3.8, 4) is 5.75 Å². The molecule has 0 radical (unpaired) electrons. The number of nitrogens with one attached hydrogen (secondary N) is 1. The van der Waals surface area contributed by atoms with Gasteiger partial charge in [0, 0.05) is 32.2 Å². The number of hydrogen-bond donors (Lipinski definition) is 1. The molecule has 0 unspecified atom stereocenters. The van der Waals surface area contributed by atoms with Gasteiger partial charge in [0.25, 0.3) is 0 Å². The molecule has 1 aliphatic rings. The molecule has 126 valence electrons. The predicted octanol–water partition coefficient (Wildman–Crippen LogP) is 2.36. The summed E-state index contributed by atoms with van der Waals surface area (Å²) >= 11 is 0. The molecule has 2 rings (SSSR count). The normalized spacial score (nSPS) is 16.1. The lowest BCUT2D eigenvalue weighted by Crippen LogP contribution is -2.45. The zero-order valence-electron chi connectivity index (χ0n) is 12.2. The van der Waals surface area contributed by atoms with Crippen LogP contribution in [0.25, 0.3) is 0 Å². The minimum atomic E-state index is -0.566. The maximum atomic E-state index is 13.4. The van der Waals surface area contributed by atoms with Gasteiger partial charge in [-0.1, -0.05) is 6.07 Å². The molecule has 1 saturated heterocycles. The second-order valence-electron chi connectivity index (χ2n) is 4.64. The Balaban J connectivity index is 0.00000220. The van der Waals surface area contributed by atoms with E-state index < -0.39 is 17.6 Å². The molecule has 0 aromatic heterocycles. The van der Waals surface area contributed by atoms with Crippen LogP contribution < -0.4 is 10.1 Å². The van der Waals surface area contributed by atoms with Gasteiger partial charge in [0.15, 0.2) is 5.75 Å². The van der Waals surface area contributed by atoms with Crippen LogP contribution >= 0.6 is 24.8 Å². The fourth-order valence-electron chi connectivity index (χ4n) is 2.45. The Morgan fingerprint density at radius 3 is 2.55 bits per heavy atom. The number of methoxy groups -OCH3 is 1. The number of halogens is 3. The highest BCUT2D eigenvalue weighted by Crippen LogP contribution is 2.32. The van der Waals surface area contributed by atoms with Gasteiger partial charge in [-0.05, 0) is 11.6 Å². The highest BCUT2D eigenvalue weighted by atomic mass is 35.5. The van der Waals surface area contributed by atoms with E-state index in [-0.39, 0.29) is 36.3 Å². The van der Waals surface area contributed by atoms with E-state index in [9.17, 15) is 14.5 Å². The lowest BCUT2D eigenvalue weighted by atomic mass is 10.0. The molecule has 1 aliphatic heterocycles. The van der Waals surface area contributed by atoms with Gasteiger partial charge in [-0.15, -0.1) is 24.8 Å². The van der Waals surface area contributed by atoms with Gasteiger partial charge >= 0.3 is 5.69 Å². The maximum Gasteiger partial charge on any atom is 0.311 e. The summed E-state index contributed by atoms with van der Waals surface area (Å²) in [4.78, 5) is 12.5. The van der Waals surface area contributed by atoms with Gasteiger partial charge in [-0.25, -0.2) is 4.39 Å². The van der Waals surface area contributed by atoms with Crippen molar-refractivity contribution >= 4 is 30.5 Å². The van der Waals surface area contributed by atoms with E-state index in [2.05, 4.69) is 5.32 Å². The van der Waals surface area contributed by atoms with Gasteiger partial charge in [-0.2, -0.15) is 0 Å². The first-order valence-corrected chi connectivity index (χ1v) is 6.50. The Hall–Kier alpha value is -1.15. The summed E-state index contributed by atoms with van der Waals surface area (Å²) < 4.78 is 18.3.